The van der Waals surface area contributed by atoms with Gasteiger partial charge in [-0.2, -0.15) is 0 Å². The fourth-order valence-electron chi connectivity index (χ4n) is 3.57. The lowest BCUT2D eigenvalue weighted by atomic mass is 9.85. The average molecular weight is 402 g/mol. The molecule has 4 rings (SSSR count). The molecule has 0 aliphatic carbocycles. The van der Waals surface area contributed by atoms with Gasteiger partial charge in [-0.1, -0.05) is 121 Å². The first kappa shape index (κ1) is 20.2. The molecule has 0 radical (unpaired) electrons. The maximum Gasteiger partial charge on any atom is 0.194 e. The monoisotopic (exact) mass is 402 g/mol. The molecule has 0 atom stereocenters. The smallest absolute Gasteiger partial charge is 0.194 e. The van der Waals surface area contributed by atoms with E-state index >= 15 is 0 Å². The molecule has 0 bridgehead atoms. The fraction of sp³-hybridized carbons (Fsp3) is 0.0345. The lowest BCUT2D eigenvalue weighted by Crippen LogP contribution is -2.12. The van der Waals surface area contributed by atoms with Gasteiger partial charge in [0.25, 0.3) is 0 Å². The molecule has 0 saturated heterocycles. The minimum Gasteiger partial charge on any atom is -0.289 e. The van der Waals surface area contributed by atoms with Gasteiger partial charge in [-0.15, -0.1) is 0 Å². The van der Waals surface area contributed by atoms with E-state index in [1.165, 1.54) is 0 Å². The predicted molar refractivity (Wildman–Crippen MR) is 126 cm³/mol. The third-order valence-electron chi connectivity index (χ3n) is 5.18. The van der Waals surface area contributed by atoms with Crippen molar-refractivity contribution in [3.63, 3.8) is 0 Å². The van der Waals surface area contributed by atoms with Gasteiger partial charge in [-0.25, -0.2) is 0 Å². The van der Waals surface area contributed by atoms with Gasteiger partial charge in [-0.3, -0.25) is 9.59 Å². The summed E-state index contributed by atoms with van der Waals surface area (Å²) in [5.74, 6) is -0.347. The number of hydrogen-bond donors (Lipinski definition) is 0. The van der Waals surface area contributed by atoms with Crippen molar-refractivity contribution in [2.24, 2.45) is 0 Å². The summed E-state index contributed by atoms with van der Waals surface area (Å²) < 4.78 is 0. The predicted octanol–water partition coefficient (Wildman–Crippen LogP) is 6.67. The van der Waals surface area contributed by atoms with Gasteiger partial charge in [0.1, 0.15) is 0 Å². The molecule has 150 valence electrons. The van der Waals surface area contributed by atoms with E-state index in [4.69, 9.17) is 0 Å². The molecule has 31 heavy (non-hydrogen) atoms. The topological polar surface area (TPSA) is 34.1 Å². The first-order chi connectivity index (χ1) is 15.1. The first-order valence-corrected chi connectivity index (χ1v) is 10.2. The molecule has 0 saturated carbocycles. The minimum absolute atomic E-state index is 0.172. The van der Waals surface area contributed by atoms with E-state index in [0.717, 1.165) is 16.7 Å². The van der Waals surface area contributed by atoms with E-state index < -0.39 is 0 Å². The van der Waals surface area contributed by atoms with Crippen LogP contribution in [-0.4, -0.2) is 11.6 Å². The van der Waals surface area contributed by atoms with Crippen LogP contribution in [0.2, 0.25) is 0 Å². The van der Waals surface area contributed by atoms with Crippen LogP contribution in [0.25, 0.3) is 11.1 Å². The van der Waals surface area contributed by atoms with Crippen LogP contribution in [-0.2, 0) is 0 Å². The average Bonchev–Trinajstić information content (AvgIpc) is 2.84. The second-order valence-corrected chi connectivity index (χ2v) is 7.37. The molecular formula is C29H22O2. The molecule has 0 amide bonds. The van der Waals surface area contributed by atoms with Crippen LogP contribution < -0.4 is 0 Å². The number of rotatable bonds is 6. The number of Topliss-reactive ketones (excluding diaryl/α,β-unsaturated/α-hetero) is 2. The van der Waals surface area contributed by atoms with Crippen molar-refractivity contribution in [3.8, 4) is 0 Å². The molecule has 4 aromatic rings. The van der Waals surface area contributed by atoms with E-state index in [1.54, 1.807) is 12.1 Å². The number of benzene rings is 4. The summed E-state index contributed by atoms with van der Waals surface area (Å²) >= 11 is 0. The third-order valence-corrected chi connectivity index (χ3v) is 5.18. The Labute approximate surface area is 182 Å². The normalized spacial score (nSPS) is 11.5. The highest BCUT2D eigenvalue weighted by Gasteiger charge is 2.25. The van der Waals surface area contributed by atoms with Crippen LogP contribution in [0.5, 0.6) is 0 Å². The van der Waals surface area contributed by atoms with Crippen LogP contribution >= 0.6 is 0 Å². The number of aryl methyl sites for hydroxylation is 1. The SMILES string of the molecule is Cc1ccc(C(=O)/C(=C(\C(=O)c2ccccc2)c2ccccc2)c2ccccc2)cc1. The van der Waals surface area contributed by atoms with Crippen molar-refractivity contribution in [2.75, 3.05) is 0 Å². The standard InChI is InChI=1S/C29H22O2/c1-21-17-19-25(20-18-21)29(31)27(23-13-7-3-8-14-23)26(22-11-5-2-6-12-22)28(30)24-15-9-4-10-16-24/h2-20H,1H3/b27-26-. The molecule has 0 aromatic heterocycles. The zero-order chi connectivity index (χ0) is 21.6. The summed E-state index contributed by atoms with van der Waals surface area (Å²) in [6.07, 6.45) is 0. The van der Waals surface area contributed by atoms with Gasteiger partial charge >= 0.3 is 0 Å². The van der Waals surface area contributed by atoms with E-state index in [2.05, 4.69) is 0 Å². The zero-order valence-corrected chi connectivity index (χ0v) is 17.3. The lowest BCUT2D eigenvalue weighted by Gasteiger charge is -2.16. The summed E-state index contributed by atoms with van der Waals surface area (Å²) in [6, 6.07) is 35.4. The van der Waals surface area contributed by atoms with Crippen LogP contribution in [0.15, 0.2) is 115 Å². The summed E-state index contributed by atoms with van der Waals surface area (Å²) in [5.41, 5.74) is 4.43. The van der Waals surface area contributed by atoms with Gasteiger partial charge < -0.3 is 0 Å². The largest absolute Gasteiger partial charge is 0.289 e. The minimum atomic E-state index is -0.175. The molecular weight excluding hydrogens is 380 g/mol. The second-order valence-electron chi connectivity index (χ2n) is 7.37. The number of hydrogen-bond acceptors (Lipinski definition) is 2. The highest BCUT2D eigenvalue weighted by Crippen LogP contribution is 2.32. The van der Waals surface area contributed by atoms with Crippen molar-refractivity contribution < 1.29 is 9.59 Å². The molecule has 4 aromatic carbocycles. The summed E-state index contributed by atoms with van der Waals surface area (Å²) in [4.78, 5) is 27.5. The number of ketones is 2. The molecule has 0 unspecified atom stereocenters. The molecule has 0 heterocycles. The Bertz CT molecular complexity index is 1220. The van der Waals surface area contributed by atoms with E-state index in [9.17, 15) is 9.59 Å². The Hall–Kier alpha value is -4.04. The highest BCUT2D eigenvalue weighted by atomic mass is 16.1. The molecule has 0 spiro atoms. The van der Waals surface area contributed by atoms with E-state index in [1.807, 2.05) is 110 Å². The van der Waals surface area contributed by atoms with Gasteiger partial charge in [0.05, 0.1) is 0 Å². The van der Waals surface area contributed by atoms with E-state index in [0.29, 0.717) is 22.3 Å². The molecule has 2 nitrogen and oxygen atoms in total. The van der Waals surface area contributed by atoms with E-state index in [-0.39, 0.29) is 11.6 Å². The summed E-state index contributed by atoms with van der Waals surface area (Å²) in [6.45, 7) is 1.98. The van der Waals surface area contributed by atoms with Crippen LogP contribution in [0.3, 0.4) is 0 Å². The second kappa shape index (κ2) is 9.19. The third kappa shape index (κ3) is 4.44. The Kier molecular flexibility index (Phi) is 6.00. The Morgan fingerprint density at radius 2 is 0.742 bits per heavy atom. The van der Waals surface area contributed by atoms with Crippen molar-refractivity contribution >= 4 is 22.7 Å². The van der Waals surface area contributed by atoms with Crippen LogP contribution in [0, 0.1) is 6.92 Å². The van der Waals surface area contributed by atoms with Crippen molar-refractivity contribution in [1.29, 1.82) is 0 Å². The quantitative estimate of drug-likeness (QED) is 0.205. The van der Waals surface area contributed by atoms with Crippen molar-refractivity contribution in [3.05, 3.63) is 143 Å². The molecule has 0 fully saturated rings. The highest BCUT2D eigenvalue weighted by molar-refractivity contribution is 6.46. The number of carbonyl (C=O) groups excluding carboxylic acids is 2. The molecule has 0 aliphatic rings. The van der Waals surface area contributed by atoms with Gasteiger partial charge in [0.15, 0.2) is 11.6 Å². The van der Waals surface area contributed by atoms with Gasteiger partial charge in [0, 0.05) is 22.3 Å². The Morgan fingerprint density at radius 3 is 1.13 bits per heavy atom. The first-order valence-electron chi connectivity index (χ1n) is 10.2. The maximum atomic E-state index is 13.8. The Morgan fingerprint density at radius 1 is 0.419 bits per heavy atom. The fourth-order valence-corrected chi connectivity index (χ4v) is 3.57. The maximum absolute atomic E-state index is 13.8. The molecule has 0 aliphatic heterocycles. The van der Waals surface area contributed by atoms with Crippen LogP contribution in [0.4, 0.5) is 0 Å². The van der Waals surface area contributed by atoms with Gasteiger partial charge in [-0.05, 0) is 18.1 Å². The number of carbonyl (C=O) groups is 2. The summed E-state index contributed by atoms with van der Waals surface area (Å²) in [5, 5.41) is 0. The lowest BCUT2D eigenvalue weighted by molar-refractivity contribution is 0.103. The Balaban J connectivity index is 2.02. The molecule has 2 heteroatoms. The van der Waals surface area contributed by atoms with Crippen LogP contribution in [0.1, 0.15) is 37.4 Å². The van der Waals surface area contributed by atoms with Gasteiger partial charge in [0.2, 0.25) is 0 Å². The zero-order valence-electron chi connectivity index (χ0n) is 17.3. The number of allylic oxidation sites excluding steroid dienone is 2. The van der Waals surface area contributed by atoms with Crippen molar-refractivity contribution in [2.45, 2.75) is 6.92 Å². The summed E-state index contributed by atoms with van der Waals surface area (Å²) in [7, 11) is 0. The molecule has 0 N–H and O–H groups in total. The van der Waals surface area contributed by atoms with Crippen molar-refractivity contribution in [1.82, 2.24) is 0 Å².